The number of anilines is 6. The van der Waals surface area contributed by atoms with Crippen LogP contribution in [0.1, 0.15) is 90.1 Å². The molecule has 0 unspecified atom stereocenters. The number of aryl methyl sites for hydroxylation is 2. The first-order valence-corrected chi connectivity index (χ1v) is 20.4. The molecule has 0 spiro atoms. The van der Waals surface area contributed by atoms with E-state index in [1.165, 1.54) is 98.5 Å². The van der Waals surface area contributed by atoms with Crippen molar-refractivity contribution in [1.82, 2.24) is 0 Å². The van der Waals surface area contributed by atoms with Crippen LogP contribution in [0.3, 0.4) is 0 Å². The lowest BCUT2D eigenvalue weighted by Gasteiger charge is -2.45. The van der Waals surface area contributed by atoms with Gasteiger partial charge in [-0.05, 0) is 135 Å². The average Bonchev–Trinajstić information content (AvgIpc) is 3.48. The second kappa shape index (κ2) is 11.9. The Morgan fingerprint density at radius 2 is 0.963 bits per heavy atom. The van der Waals surface area contributed by atoms with E-state index in [-0.39, 0.29) is 23.0 Å². The number of hydrogen-bond donors (Lipinski definition) is 0. The van der Waals surface area contributed by atoms with Crippen molar-refractivity contribution in [2.45, 2.75) is 92.4 Å². The molecular weight excluding hydrogens is 671 g/mol. The van der Waals surface area contributed by atoms with E-state index in [0.29, 0.717) is 0 Å². The maximum atomic E-state index is 2.57. The Morgan fingerprint density at radius 1 is 0.444 bits per heavy atom. The fraction of sp³-hybridized carbons (Fsp3) is 0.280. The van der Waals surface area contributed by atoms with E-state index >= 15 is 0 Å². The molecular formula is C50H51BN2S. The lowest BCUT2D eigenvalue weighted by molar-refractivity contribution is 0.590. The predicted octanol–water partition coefficient (Wildman–Crippen LogP) is 12.6. The van der Waals surface area contributed by atoms with Gasteiger partial charge in [-0.25, -0.2) is 0 Å². The Kier molecular flexibility index (Phi) is 7.67. The molecule has 2 aliphatic rings. The second-order valence-electron chi connectivity index (χ2n) is 18.9. The van der Waals surface area contributed by atoms with Crippen molar-refractivity contribution in [3.05, 3.63) is 137 Å². The van der Waals surface area contributed by atoms with Crippen molar-refractivity contribution >= 4 is 88.7 Å². The van der Waals surface area contributed by atoms with E-state index in [2.05, 4.69) is 195 Å². The van der Waals surface area contributed by atoms with Crippen LogP contribution in [0.5, 0.6) is 0 Å². The van der Waals surface area contributed by atoms with Gasteiger partial charge < -0.3 is 9.80 Å². The van der Waals surface area contributed by atoms with Gasteiger partial charge >= 0.3 is 0 Å². The van der Waals surface area contributed by atoms with Gasteiger partial charge in [-0.3, -0.25) is 0 Å². The minimum Gasteiger partial charge on any atom is -0.311 e. The summed E-state index contributed by atoms with van der Waals surface area (Å²) in [5.74, 6) is 0. The van der Waals surface area contributed by atoms with Crippen LogP contribution in [0.4, 0.5) is 34.1 Å². The quantitative estimate of drug-likeness (QED) is 0.164. The molecule has 0 bridgehead atoms. The molecule has 7 aromatic rings. The lowest BCUT2D eigenvalue weighted by atomic mass is 9.33. The molecule has 0 fully saturated rings. The summed E-state index contributed by atoms with van der Waals surface area (Å²) < 4.78 is 2.74. The van der Waals surface area contributed by atoms with Crippen LogP contribution in [-0.4, -0.2) is 6.71 Å². The second-order valence-corrected chi connectivity index (χ2v) is 20.0. The minimum absolute atomic E-state index is 0.00405. The van der Waals surface area contributed by atoms with E-state index < -0.39 is 0 Å². The van der Waals surface area contributed by atoms with E-state index in [0.717, 1.165) is 0 Å². The summed E-state index contributed by atoms with van der Waals surface area (Å²) in [5.41, 5.74) is 18.4. The highest BCUT2D eigenvalue weighted by Crippen LogP contribution is 2.47. The Labute approximate surface area is 326 Å². The molecule has 270 valence electrons. The van der Waals surface area contributed by atoms with Gasteiger partial charge in [0.05, 0.1) is 0 Å². The fourth-order valence-corrected chi connectivity index (χ4v) is 10.1. The molecule has 0 atom stereocenters. The Morgan fingerprint density at radius 3 is 1.52 bits per heavy atom. The molecule has 0 saturated carbocycles. The van der Waals surface area contributed by atoms with Crippen LogP contribution >= 0.6 is 11.3 Å². The molecule has 0 N–H and O–H groups in total. The first-order valence-electron chi connectivity index (χ1n) is 19.6. The normalized spacial score (nSPS) is 14.1. The monoisotopic (exact) mass is 722 g/mol. The molecule has 2 aliphatic heterocycles. The van der Waals surface area contributed by atoms with Gasteiger partial charge in [0.25, 0.3) is 6.71 Å². The first-order chi connectivity index (χ1) is 25.5. The summed E-state index contributed by atoms with van der Waals surface area (Å²) in [5, 5.41) is 2.71. The van der Waals surface area contributed by atoms with E-state index in [4.69, 9.17) is 0 Å². The number of rotatable bonds is 2. The molecule has 1 aromatic heterocycles. The Hall–Kier alpha value is -4.80. The number of hydrogen-bond acceptors (Lipinski definition) is 3. The number of benzene rings is 6. The molecule has 9 rings (SSSR count). The SMILES string of the molecule is Cc1cc2c3c(c1)N(c1ccc(C(C)(C)C)cc1)c1ccc4c(sc5ccc(C)cc54)c1B3c1cc(C(C)(C)C)ccc1N2c1ccc(C(C)(C)C)cc1. The average molecular weight is 723 g/mol. The molecule has 2 nitrogen and oxygen atoms in total. The first kappa shape index (κ1) is 34.9. The van der Waals surface area contributed by atoms with Gasteiger partial charge in [-0.2, -0.15) is 0 Å². The molecule has 0 saturated heterocycles. The van der Waals surface area contributed by atoms with Crippen LogP contribution in [0, 0.1) is 13.8 Å². The summed E-state index contributed by atoms with van der Waals surface area (Å²) in [6.45, 7) is 25.3. The van der Waals surface area contributed by atoms with Crippen LogP contribution in [0.2, 0.25) is 0 Å². The molecule has 3 heterocycles. The highest BCUT2D eigenvalue weighted by atomic mass is 32.1. The van der Waals surface area contributed by atoms with Crippen LogP contribution < -0.4 is 26.2 Å². The zero-order chi connectivity index (χ0) is 38.1. The van der Waals surface area contributed by atoms with Crippen LogP contribution in [-0.2, 0) is 16.2 Å². The fourth-order valence-electron chi connectivity index (χ4n) is 8.81. The summed E-state index contributed by atoms with van der Waals surface area (Å²) in [4.78, 5) is 5.12. The van der Waals surface area contributed by atoms with Gasteiger partial charge in [0.1, 0.15) is 0 Å². The molecule has 4 heteroatoms. The van der Waals surface area contributed by atoms with Gasteiger partial charge in [-0.1, -0.05) is 116 Å². The third-order valence-corrected chi connectivity index (χ3v) is 13.0. The highest BCUT2D eigenvalue weighted by Gasteiger charge is 2.45. The van der Waals surface area contributed by atoms with Crippen LogP contribution in [0.15, 0.2) is 109 Å². The summed E-state index contributed by atoms with van der Waals surface area (Å²) in [7, 11) is 0. The van der Waals surface area contributed by atoms with E-state index in [1.807, 2.05) is 11.3 Å². The Bertz CT molecular complexity index is 2610. The molecule has 0 aliphatic carbocycles. The van der Waals surface area contributed by atoms with Crippen molar-refractivity contribution in [2.24, 2.45) is 0 Å². The van der Waals surface area contributed by atoms with E-state index in [1.54, 1.807) is 0 Å². The van der Waals surface area contributed by atoms with Crippen LogP contribution in [0.25, 0.3) is 20.2 Å². The van der Waals surface area contributed by atoms with Crippen molar-refractivity contribution in [3.8, 4) is 0 Å². The standard InChI is InChI=1S/C50H51BN2S/c1-30-12-25-44-38(26-30)37-22-24-41-46(47(37)54-44)51-39-29-34(50(9,10)11)17-23-40(39)52(35-18-13-32(14-19-35)48(3,4)5)42-27-31(2)28-43(45(42)51)53(41)36-20-15-33(16-21-36)49(6,7)8/h12-29H,1-11H3. The zero-order valence-electron chi connectivity index (χ0n) is 33.8. The van der Waals surface area contributed by atoms with Crippen molar-refractivity contribution in [2.75, 3.05) is 9.80 Å². The summed E-state index contributed by atoms with van der Waals surface area (Å²) in [6.07, 6.45) is 0. The number of thiophene rings is 1. The Balaban J connectivity index is 1.40. The minimum atomic E-state index is 0.00405. The lowest BCUT2D eigenvalue weighted by Crippen LogP contribution is -2.61. The smallest absolute Gasteiger partial charge is 0.254 e. The zero-order valence-corrected chi connectivity index (χ0v) is 34.6. The number of fused-ring (bicyclic) bond motifs is 8. The van der Waals surface area contributed by atoms with Crippen molar-refractivity contribution in [3.63, 3.8) is 0 Å². The maximum Gasteiger partial charge on any atom is 0.254 e. The molecule has 0 radical (unpaired) electrons. The van der Waals surface area contributed by atoms with Gasteiger partial charge in [0, 0.05) is 48.9 Å². The van der Waals surface area contributed by atoms with Gasteiger partial charge in [0.2, 0.25) is 0 Å². The third-order valence-electron chi connectivity index (χ3n) is 11.8. The number of nitrogens with zero attached hydrogens (tertiary/aromatic N) is 2. The summed E-state index contributed by atoms with van der Waals surface area (Å²) >= 11 is 1.96. The largest absolute Gasteiger partial charge is 0.311 e. The third kappa shape index (κ3) is 5.43. The van der Waals surface area contributed by atoms with Gasteiger partial charge in [0.15, 0.2) is 0 Å². The summed E-state index contributed by atoms with van der Waals surface area (Å²) in [6, 6.07) is 42.6. The maximum absolute atomic E-state index is 2.57. The topological polar surface area (TPSA) is 6.48 Å². The van der Waals surface area contributed by atoms with Gasteiger partial charge in [-0.15, -0.1) is 11.3 Å². The van der Waals surface area contributed by atoms with E-state index in [9.17, 15) is 0 Å². The van der Waals surface area contributed by atoms with Crippen molar-refractivity contribution < 1.29 is 0 Å². The molecule has 0 amide bonds. The van der Waals surface area contributed by atoms with Crippen molar-refractivity contribution in [1.29, 1.82) is 0 Å². The molecule has 54 heavy (non-hydrogen) atoms. The predicted molar refractivity (Wildman–Crippen MR) is 239 cm³/mol. The molecule has 6 aromatic carbocycles. The highest BCUT2D eigenvalue weighted by molar-refractivity contribution is 7.28.